The van der Waals surface area contributed by atoms with Crippen LogP contribution < -0.4 is 25.8 Å². The number of nitrogens with one attached hydrogen (secondary N) is 2. The van der Waals surface area contributed by atoms with Gasteiger partial charge in [0.05, 0.1) is 29.1 Å². The van der Waals surface area contributed by atoms with E-state index in [1.165, 1.54) is 4.90 Å². The van der Waals surface area contributed by atoms with E-state index < -0.39 is 47.0 Å². The van der Waals surface area contributed by atoms with Crippen LogP contribution in [0.4, 0.5) is 5.69 Å². The Balaban J connectivity index is 1.42. The summed E-state index contributed by atoms with van der Waals surface area (Å²) in [6.07, 6.45) is 0.209. The van der Waals surface area contributed by atoms with Gasteiger partial charge < -0.3 is 20.5 Å². The highest BCUT2D eigenvalue weighted by atomic mass is 35.5. The number of carbonyl (C=O) groups is 4. The lowest BCUT2D eigenvalue weighted by atomic mass is 9.76. The van der Waals surface area contributed by atoms with Gasteiger partial charge in [-0.3, -0.25) is 29.4 Å². The number of fused-ring (bicyclic) bond motifs is 5. The van der Waals surface area contributed by atoms with Crippen molar-refractivity contribution in [1.29, 1.82) is 0 Å². The predicted octanol–water partition coefficient (Wildman–Crippen LogP) is 1.56. The molecule has 4 N–H and O–H groups in total. The second-order valence-corrected chi connectivity index (χ2v) is 10.0. The van der Waals surface area contributed by atoms with Crippen LogP contribution in [-0.4, -0.2) is 41.4 Å². The fourth-order valence-electron chi connectivity index (χ4n) is 5.98. The SMILES string of the molecule is Cc1cc(Cl)c2c(c1)C1(NC(CCC(N)=O)[C@H]3C(=O)N(Cc4ccc5c(c4)OCO5)C(=O)[C@H]31)C(=O)N2. The summed E-state index contributed by atoms with van der Waals surface area (Å²) in [6, 6.07) is 8.14. The number of likely N-dealkylation sites (tertiary alicyclic amines) is 1. The molecule has 0 bridgehead atoms. The first kappa shape index (κ1) is 22.8. The molecule has 2 unspecified atom stereocenters. The molecule has 6 rings (SSSR count). The van der Waals surface area contributed by atoms with Crippen LogP contribution >= 0.6 is 11.6 Å². The molecule has 4 amide bonds. The first-order valence-corrected chi connectivity index (χ1v) is 12.0. The number of rotatable bonds is 5. The Labute approximate surface area is 211 Å². The molecule has 4 aliphatic rings. The van der Waals surface area contributed by atoms with Crippen molar-refractivity contribution in [2.45, 2.75) is 37.9 Å². The zero-order valence-electron chi connectivity index (χ0n) is 19.3. The molecule has 186 valence electrons. The van der Waals surface area contributed by atoms with Crippen molar-refractivity contribution in [3.63, 3.8) is 0 Å². The Hall–Kier alpha value is -3.63. The van der Waals surface area contributed by atoms with Crippen LogP contribution in [0.2, 0.25) is 5.02 Å². The van der Waals surface area contributed by atoms with E-state index in [9.17, 15) is 19.2 Å². The molecule has 36 heavy (non-hydrogen) atoms. The van der Waals surface area contributed by atoms with E-state index in [0.29, 0.717) is 33.3 Å². The molecule has 0 aliphatic carbocycles. The molecule has 11 heteroatoms. The summed E-state index contributed by atoms with van der Waals surface area (Å²) >= 11 is 6.44. The zero-order valence-corrected chi connectivity index (χ0v) is 20.1. The van der Waals surface area contributed by atoms with Gasteiger partial charge in [-0.05, 0) is 42.7 Å². The van der Waals surface area contributed by atoms with Crippen LogP contribution in [0.15, 0.2) is 30.3 Å². The molecule has 2 aromatic rings. The highest BCUT2D eigenvalue weighted by Gasteiger charge is 2.70. The smallest absolute Gasteiger partial charge is 0.250 e. The van der Waals surface area contributed by atoms with Crippen molar-refractivity contribution in [1.82, 2.24) is 10.2 Å². The fourth-order valence-corrected chi connectivity index (χ4v) is 6.30. The van der Waals surface area contributed by atoms with E-state index in [2.05, 4.69) is 10.6 Å². The number of nitrogens with two attached hydrogens (primary N) is 1. The number of aryl methyl sites for hydroxylation is 1. The highest BCUT2D eigenvalue weighted by molar-refractivity contribution is 6.35. The Morgan fingerprint density at radius 3 is 2.72 bits per heavy atom. The molecular weight excluding hydrogens is 488 g/mol. The Morgan fingerprint density at radius 1 is 1.17 bits per heavy atom. The van der Waals surface area contributed by atoms with Crippen molar-refractivity contribution in [3.05, 3.63) is 52.0 Å². The van der Waals surface area contributed by atoms with E-state index in [4.69, 9.17) is 26.8 Å². The van der Waals surface area contributed by atoms with Gasteiger partial charge in [0.25, 0.3) is 0 Å². The molecule has 4 atom stereocenters. The third-order valence-electron chi connectivity index (χ3n) is 7.49. The summed E-state index contributed by atoms with van der Waals surface area (Å²) in [5.74, 6) is -2.56. The first-order chi connectivity index (χ1) is 17.2. The first-order valence-electron chi connectivity index (χ1n) is 11.6. The average Bonchev–Trinajstić information content (AvgIpc) is 3.55. The van der Waals surface area contributed by atoms with Gasteiger partial charge in [0.1, 0.15) is 5.54 Å². The van der Waals surface area contributed by atoms with Crippen molar-refractivity contribution >= 4 is 40.9 Å². The Bertz CT molecular complexity index is 1360. The van der Waals surface area contributed by atoms with Gasteiger partial charge >= 0.3 is 0 Å². The number of hydrogen-bond acceptors (Lipinski definition) is 7. The summed E-state index contributed by atoms with van der Waals surface area (Å²) < 4.78 is 10.8. The van der Waals surface area contributed by atoms with E-state index in [0.717, 1.165) is 5.56 Å². The zero-order chi connectivity index (χ0) is 25.4. The minimum Gasteiger partial charge on any atom is -0.454 e. The Kier molecular flexibility index (Phi) is 5.03. The van der Waals surface area contributed by atoms with Gasteiger partial charge in [-0.2, -0.15) is 0 Å². The van der Waals surface area contributed by atoms with E-state index in [1.807, 2.05) is 6.92 Å². The molecular formula is C25H23ClN4O6. The van der Waals surface area contributed by atoms with E-state index >= 15 is 0 Å². The second-order valence-electron chi connectivity index (χ2n) is 9.64. The minimum absolute atomic E-state index is 0.00362. The fraction of sp³-hybridized carbons (Fsp3) is 0.360. The molecule has 0 aromatic heterocycles. The minimum atomic E-state index is -1.49. The molecule has 4 heterocycles. The van der Waals surface area contributed by atoms with Gasteiger partial charge in [0.15, 0.2) is 11.5 Å². The lowest BCUT2D eigenvalue weighted by molar-refractivity contribution is -0.143. The van der Waals surface area contributed by atoms with E-state index in [1.54, 1.807) is 30.3 Å². The van der Waals surface area contributed by atoms with Crippen LogP contribution in [0, 0.1) is 18.8 Å². The molecule has 0 saturated carbocycles. The van der Waals surface area contributed by atoms with Crippen molar-refractivity contribution < 1.29 is 28.7 Å². The number of amides is 4. The summed E-state index contributed by atoms with van der Waals surface area (Å²) in [5.41, 5.74) is 6.34. The number of ether oxygens (including phenoxy) is 2. The van der Waals surface area contributed by atoms with Crippen molar-refractivity contribution in [2.24, 2.45) is 17.6 Å². The number of nitrogens with zero attached hydrogens (tertiary/aromatic N) is 1. The third kappa shape index (κ3) is 3.14. The maximum Gasteiger partial charge on any atom is 0.250 e. The lowest BCUT2D eigenvalue weighted by Crippen LogP contribution is -2.53. The van der Waals surface area contributed by atoms with Crippen molar-refractivity contribution in [3.8, 4) is 11.5 Å². The highest BCUT2D eigenvalue weighted by Crippen LogP contribution is 2.55. The largest absolute Gasteiger partial charge is 0.454 e. The van der Waals surface area contributed by atoms with Gasteiger partial charge in [0.2, 0.25) is 30.4 Å². The van der Waals surface area contributed by atoms with Crippen LogP contribution in [0.5, 0.6) is 11.5 Å². The summed E-state index contributed by atoms with van der Waals surface area (Å²) in [4.78, 5) is 53.9. The number of hydrogen-bond donors (Lipinski definition) is 3. The monoisotopic (exact) mass is 510 g/mol. The molecule has 2 saturated heterocycles. The van der Waals surface area contributed by atoms with Crippen LogP contribution in [0.1, 0.15) is 29.5 Å². The second kappa shape index (κ2) is 7.94. The van der Waals surface area contributed by atoms with Crippen molar-refractivity contribution in [2.75, 3.05) is 12.1 Å². The quantitative estimate of drug-likeness (QED) is 0.518. The normalized spacial score (nSPS) is 27.6. The molecule has 2 fully saturated rings. The van der Waals surface area contributed by atoms with Gasteiger partial charge in [-0.25, -0.2) is 0 Å². The molecule has 10 nitrogen and oxygen atoms in total. The molecule has 0 radical (unpaired) electrons. The average molecular weight is 511 g/mol. The molecule has 2 aromatic carbocycles. The van der Waals surface area contributed by atoms with Crippen LogP contribution in [-0.2, 0) is 31.3 Å². The van der Waals surface area contributed by atoms with Gasteiger partial charge in [0, 0.05) is 18.0 Å². The number of anilines is 1. The number of primary amides is 1. The topological polar surface area (TPSA) is 140 Å². The molecule has 4 aliphatic heterocycles. The molecule has 1 spiro atoms. The number of benzene rings is 2. The summed E-state index contributed by atoms with van der Waals surface area (Å²) in [7, 11) is 0. The van der Waals surface area contributed by atoms with Crippen LogP contribution in [0.25, 0.3) is 0 Å². The summed E-state index contributed by atoms with van der Waals surface area (Å²) in [6.45, 7) is 1.97. The van der Waals surface area contributed by atoms with Crippen LogP contribution in [0.3, 0.4) is 0 Å². The van der Waals surface area contributed by atoms with Gasteiger partial charge in [-0.1, -0.05) is 23.7 Å². The number of carbonyl (C=O) groups excluding carboxylic acids is 4. The number of imide groups is 1. The summed E-state index contributed by atoms with van der Waals surface area (Å²) in [5, 5.41) is 6.44. The third-order valence-corrected chi connectivity index (χ3v) is 7.79. The lowest BCUT2D eigenvalue weighted by Gasteiger charge is -2.29. The Morgan fingerprint density at radius 2 is 1.94 bits per heavy atom. The predicted molar refractivity (Wildman–Crippen MR) is 127 cm³/mol. The maximum absolute atomic E-state index is 13.9. The van der Waals surface area contributed by atoms with Gasteiger partial charge in [-0.15, -0.1) is 0 Å². The maximum atomic E-state index is 13.9. The van der Waals surface area contributed by atoms with E-state index in [-0.39, 0.29) is 26.2 Å². The standard InChI is InChI=1S/C25H23ClN4O6/c1-11-6-13-21(14(26)7-11)28-24(34)25(13)20-19(15(29-25)3-5-18(27)31)22(32)30(23(20)33)9-12-2-4-16-17(8-12)36-10-35-16/h2,4,6-8,15,19-20,29H,3,5,9-10H2,1H3,(H2,27,31)(H,28,34)/t15?,19-,20+,25?/m1/s1. The number of halogens is 1.